The molecule has 3 rings (SSSR count). The smallest absolute Gasteiger partial charge is 0.398 e. The van der Waals surface area contributed by atoms with Crippen LogP contribution in [0.15, 0.2) is 40.9 Å². The van der Waals surface area contributed by atoms with Gasteiger partial charge < -0.3 is 10.7 Å². The molecular formula is C14H9BrF3N3. The van der Waals surface area contributed by atoms with Crippen LogP contribution in [0.3, 0.4) is 0 Å². The number of aromatic nitrogens is 2. The van der Waals surface area contributed by atoms with E-state index in [0.717, 1.165) is 16.6 Å². The van der Waals surface area contributed by atoms with Crippen molar-refractivity contribution >= 4 is 32.7 Å². The number of nitrogens with one attached hydrogen (secondary N) is 1. The largest absolute Gasteiger partial charge is 0.416 e. The van der Waals surface area contributed by atoms with Crippen molar-refractivity contribution in [3.05, 3.63) is 46.4 Å². The van der Waals surface area contributed by atoms with Crippen molar-refractivity contribution in [2.24, 2.45) is 0 Å². The third kappa shape index (κ3) is 2.61. The number of rotatable bonds is 1. The van der Waals surface area contributed by atoms with Crippen LogP contribution in [-0.4, -0.2) is 9.97 Å². The average molecular weight is 356 g/mol. The first-order chi connectivity index (χ1) is 9.84. The summed E-state index contributed by atoms with van der Waals surface area (Å²) in [6.45, 7) is 0. The van der Waals surface area contributed by atoms with Gasteiger partial charge in [-0.25, -0.2) is 4.98 Å². The third-order valence-corrected chi connectivity index (χ3v) is 3.57. The first-order valence-corrected chi connectivity index (χ1v) is 6.76. The van der Waals surface area contributed by atoms with Crippen LogP contribution in [0.1, 0.15) is 5.56 Å². The molecule has 0 amide bonds. The number of anilines is 1. The van der Waals surface area contributed by atoms with Crippen molar-refractivity contribution < 1.29 is 13.2 Å². The third-order valence-electron chi connectivity index (χ3n) is 3.08. The molecule has 0 fully saturated rings. The van der Waals surface area contributed by atoms with E-state index >= 15 is 0 Å². The summed E-state index contributed by atoms with van der Waals surface area (Å²) in [5.41, 5.74) is 7.07. The van der Waals surface area contributed by atoms with Crippen LogP contribution in [0.2, 0.25) is 0 Å². The standard InChI is InChI=1S/C14H9BrF3N3/c15-8-2-3-10(19)9(6-8)13-20-11-4-1-7(14(16,17)18)5-12(11)21-13/h1-6H,19H2,(H,20,21). The highest BCUT2D eigenvalue weighted by molar-refractivity contribution is 9.10. The summed E-state index contributed by atoms with van der Waals surface area (Å²) in [5.74, 6) is 0.433. The molecule has 0 radical (unpaired) electrons. The monoisotopic (exact) mass is 355 g/mol. The summed E-state index contributed by atoms with van der Waals surface area (Å²) >= 11 is 3.33. The SMILES string of the molecule is Nc1ccc(Br)cc1-c1nc2ccc(C(F)(F)F)cc2[nH]1. The number of aromatic amines is 1. The van der Waals surface area contributed by atoms with E-state index in [4.69, 9.17) is 5.73 Å². The number of halogens is 4. The number of H-pyrrole nitrogens is 1. The van der Waals surface area contributed by atoms with Gasteiger partial charge in [-0.1, -0.05) is 15.9 Å². The number of fused-ring (bicyclic) bond motifs is 1. The number of nitrogen functional groups attached to an aromatic ring is 1. The topological polar surface area (TPSA) is 54.7 Å². The Morgan fingerprint density at radius 3 is 2.57 bits per heavy atom. The fourth-order valence-electron chi connectivity index (χ4n) is 2.05. The van der Waals surface area contributed by atoms with Gasteiger partial charge in [0.2, 0.25) is 0 Å². The Labute approximate surface area is 126 Å². The lowest BCUT2D eigenvalue weighted by atomic mass is 10.2. The maximum absolute atomic E-state index is 12.7. The zero-order chi connectivity index (χ0) is 15.2. The van der Waals surface area contributed by atoms with Gasteiger partial charge in [-0.3, -0.25) is 0 Å². The van der Waals surface area contributed by atoms with Crippen molar-refractivity contribution in [3.63, 3.8) is 0 Å². The molecule has 1 aromatic heterocycles. The molecule has 0 unspecified atom stereocenters. The van der Waals surface area contributed by atoms with Crippen molar-refractivity contribution in [1.29, 1.82) is 0 Å². The van der Waals surface area contributed by atoms with Gasteiger partial charge >= 0.3 is 6.18 Å². The van der Waals surface area contributed by atoms with Gasteiger partial charge in [0.1, 0.15) is 5.82 Å². The summed E-state index contributed by atoms with van der Waals surface area (Å²) < 4.78 is 38.9. The molecule has 0 spiro atoms. The molecule has 108 valence electrons. The van der Waals surface area contributed by atoms with Crippen LogP contribution < -0.4 is 5.73 Å². The van der Waals surface area contributed by atoms with Gasteiger partial charge in [0.05, 0.1) is 16.6 Å². The Hall–Kier alpha value is -2.02. The maximum Gasteiger partial charge on any atom is 0.416 e. The van der Waals surface area contributed by atoms with Gasteiger partial charge in [-0.15, -0.1) is 0 Å². The molecule has 0 bridgehead atoms. The number of hydrogen-bond donors (Lipinski definition) is 2. The van der Waals surface area contributed by atoms with Crippen LogP contribution in [0.25, 0.3) is 22.4 Å². The zero-order valence-electron chi connectivity index (χ0n) is 10.5. The summed E-state index contributed by atoms with van der Waals surface area (Å²) in [5, 5.41) is 0. The summed E-state index contributed by atoms with van der Waals surface area (Å²) in [6.07, 6.45) is -4.38. The highest BCUT2D eigenvalue weighted by Gasteiger charge is 2.30. The normalized spacial score (nSPS) is 12.0. The second kappa shape index (κ2) is 4.77. The number of nitrogens with two attached hydrogens (primary N) is 1. The zero-order valence-corrected chi connectivity index (χ0v) is 12.1. The Balaban J connectivity index is 2.15. The van der Waals surface area contributed by atoms with Crippen molar-refractivity contribution in [3.8, 4) is 11.4 Å². The molecule has 7 heteroatoms. The van der Waals surface area contributed by atoms with Crippen molar-refractivity contribution in [2.45, 2.75) is 6.18 Å². The van der Waals surface area contributed by atoms with Gasteiger partial charge in [0.15, 0.2) is 0 Å². The average Bonchev–Trinajstić information content (AvgIpc) is 2.83. The first kappa shape index (κ1) is 13.9. The molecule has 3 N–H and O–H groups in total. The van der Waals surface area contributed by atoms with Crippen LogP contribution in [0, 0.1) is 0 Å². The lowest BCUT2D eigenvalue weighted by molar-refractivity contribution is -0.137. The molecule has 3 nitrogen and oxygen atoms in total. The predicted octanol–water partition coefficient (Wildman–Crippen LogP) is 4.59. The van der Waals surface area contributed by atoms with Crippen molar-refractivity contribution in [1.82, 2.24) is 9.97 Å². The molecule has 3 aromatic rings. The lowest BCUT2D eigenvalue weighted by Gasteiger charge is -2.05. The number of hydrogen-bond acceptors (Lipinski definition) is 2. The molecule has 0 aliphatic rings. The molecule has 0 aliphatic carbocycles. The second-order valence-corrected chi connectivity index (χ2v) is 5.46. The van der Waals surface area contributed by atoms with E-state index in [-0.39, 0.29) is 0 Å². The quantitative estimate of drug-likeness (QED) is 0.627. The fraction of sp³-hybridized carbons (Fsp3) is 0.0714. The predicted molar refractivity (Wildman–Crippen MR) is 78.6 cm³/mol. The molecule has 0 aliphatic heterocycles. The van der Waals surface area contributed by atoms with E-state index in [1.807, 2.05) is 0 Å². The molecule has 0 saturated heterocycles. The minimum Gasteiger partial charge on any atom is -0.398 e. The van der Waals surface area contributed by atoms with Gasteiger partial charge in [0, 0.05) is 15.7 Å². The minimum absolute atomic E-state index is 0.319. The Morgan fingerprint density at radius 2 is 1.86 bits per heavy atom. The molecule has 2 aromatic carbocycles. The molecular weight excluding hydrogens is 347 g/mol. The van der Waals surface area contributed by atoms with Crippen molar-refractivity contribution in [2.75, 3.05) is 5.73 Å². The Bertz CT molecular complexity index is 824. The Morgan fingerprint density at radius 1 is 1.10 bits per heavy atom. The summed E-state index contributed by atoms with van der Waals surface area (Å²) in [6, 6.07) is 8.64. The number of benzene rings is 2. The molecule has 1 heterocycles. The number of imidazole rings is 1. The van der Waals surface area contributed by atoms with E-state index in [1.54, 1.807) is 18.2 Å². The van der Waals surface area contributed by atoms with Gasteiger partial charge in [0.25, 0.3) is 0 Å². The molecule has 0 saturated carbocycles. The van der Waals surface area contributed by atoms with Gasteiger partial charge in [-0.2, -0.15) is 13.2 Å². The molecule has 0 atom stereocenters. The van der Waals surface area contributed by atoms with Crippen LogP contribution in [0.5, 0.6) is 0 Å². The highest BCUT2D eigenvalue weighted by atomic mass is 79.9. The van der Waals surface area contributed by atoms with Crippen LogP contribution >= 0.6 is 15.9 Å². The van der Waals surface area contributed by atoms with E-state index in [9.17, 15) is 13.2 Å². The Kier molecular flexibility index (Phi) is 3.16. The number of alkyl halides is 3. The van der Waals surface area contributed by atoms with E-state index in [2.05, 4.69) is 25.9 Å². The van der Waals surface area contributed by atoms with Crippen LogP contribution in [-0.2, 0) is 6.18 Å². The second-order valence-electron chi connectivity index (χ2n) is 4.55. The summed E-state index contributed by atoms with van der Waals surface area (Å²) in [7, 11) is 0. The molecule has 21 heavy (non-hydrogen) atoms. The van der Waals surface area contributed by atoms with E-state index < -0.39 is 11.7 Å². The minimum atomic E-state index is -4.38. The first-order valence-electron chi connectivity index (χ1n) is 5.97. The van der Waals surface area contributed by atoms with Gasteiger partial charge in [-0.05, 0) is 36.4 Å². The lowest BCUT2D eigenvalue weighted by Crippen LogP contribution is -2.04. The fourth-order valence-corrected chi connectivity index (χ4v) is 2.41. The maximum atomic E-state index is 12.7. The van der Waals surface area contributed by atoms with E-state index in [0.29, 0.717) is 28.1 Å². The van der Waals surface area contributed by atoms with Crippen LogP contribution in [0.4, 0.5) is 18.9 Å². The highest BCUT2D eigenvalue weighted by Crippen LogP contribution is 2.33. The van der Waals surface area contributed by atoms with E-state index in [1.165, 1.54) is 6.07 Å². The summed E-state index contributed by atoms with van der Waals surface area (Å²) in [4.78, 5) is 7.16. The number of nitrogens with zero attached hydrogens (tertiary/aromatic N) is 1.